The van der Waals surface area contributed by atoms with Crippen LogP contribution < -0.4 is 10.7 Å². The van der Waals surface area contributed by atoms with E-state index in [-0.39, 0.29) is 11.5 Å². The van der Waals surface area contributed by atoms with Crippen molar-refractivity contribution in [2.45, 2.75) is 65.4 Å². The first kappa shape index (κ1) is 16.8. The Hall–Kier alpha value is -1.63. The molecule has 2 spiro atoms. The first-order valence-corrected chi connectivity index (χ1v) is 9.22. The second-order valence-electron chi connectivity index (χ2n) is 9.34. The van der Waals surface area contributed by atoms with E-state index in [9.17, 15) is 10.5 Å². The van der Waals surface area contributed by atoms with Crippen LogP contribution in [0.5, 0.6) is 0 Å². The van der Waals surface area contributed by atoms with E-state index in [2.05, 4.69) is 37.9 Å². The molecule has 2 aliphatic carbocycles. The second-order valence-corrected chi connectivity index (χ2v) is 9.34. The van der Waals surface area contributed by atoms with Gasteiger partial charge in [-0.1, -0.05) is 20.8 Å². The van der Waals surface area contributed by atoms with Gasteiger partial charge in [0.2, 0.25) is 0 Å². The number of nitrogens with zero attached hydrogens (tertiary/aromatic N) is 2. The molecule has 25 heavy (non-hydrogen) atoms. The topological polar surface area (TPSA) is 106 Å². The fraction of sp³-hybridized carbons (Fsp3) is 0.842. The highest BCUT2D eigenvalue weighted by atomic mass is 16.8. The van der Waals surface area contributed by atoms with Crippen molar-refractivity contribution in [3.8, 4) is 12.1 Å². The van der Waals surface area contributed by atoms with E-state index < -0.39 is 22.2 Å². The Balaban J connectivity index is 1.78. The van der Waals surface area contributed by atoms with Gasteiger partial charge in [-0.2, -0.15) is 10.5 Å². The molecule has 2 aliphatic heterocycles. The predicted molar refractivity (Wildman–Crippen MR) is 89.3 cm³/mol. The zero-order valence-electron chi connectivity index (χ0n) is 15.5. The molecular weight excluding hydrogens is 316 g/mol. The summed E-state index contributed by atoms with van der Waals surface area (Å²) < 4.78 is 12.0. The van der Waals surface area contributed by atoms with Crippen LogP contribution in [0.3, 0.4) is 0 Å². The summed E-state index contributed by atoms with van der Waals surface area (Å²) in [7, 11) is 0. The number of hydrogen-bond donors (Lipinski definition) is 2. The molecule has 0 bridgehead atoms. The van der Waals surface area contributed by atoms with Crippen molar-refractivity contribution in [3.63, 3.8) is 0 Å². The number of ether oxygens (including phenoxy) is 2. The number of hydrogen-bond acceptors (Lipinski definition) is 5. The summed E-state index contributed by atoms with van der Waals surface area (Å²) in [5.41, 5.74) is 3.97. The van der Waals surface area contributed by atoms with Gasteiger partial charge >= 0.3 is 5.91 Å². The summed E-state index contributed by atoms with van der Waals surface area (Å²) >= 11 is 0. The molecule has 2 saturated carbocycles. The molecule has 0 radical (unpaired) electrons. The maximum Gasteiger partial charge on any atom is 0.343 e. The molecule has 4 rings (SSSR count). The molecule has 0 aromatic rings. The molecule has 6 nitrogen and oxygen atoms in total. The maximum absolute atomic E-state index is 10.3. The highest BCUT2D eigenvalue weighted by molar-refractivity contribution is 5.95. The van der Waals surface area contributed by atoms with Crippen LogP contribution in [0.1, 0.15) is 53.4 Å². The molecule has 3 fully saturated rings. The van der Waals surface area contributed by atoms with Gasteiger partial charge in [-0.3, -0.25) is 5.73 Å². The van der Waals surface area contributed by atoms with Gasteiger partial charge in [-0.15, -0.1) is 0 Å². The van der Waals surface area contributed by atoms with Crippen molar-refractivity contribution in [1.29, 1.82) is 10.5 Å². The van der Waals surface area contributed by atoms with Crippen LogP contribution in [0, 0.1) is 50.2 Å². The number of fused-ring (bicyclic) bond motifs is 4. The van der Waals surface area contributed by atoms with E-state index in [1.807, 2.05) is 6.92 Å². The molecule has 2 heterocycles. The summed E-state index contributed by atoms with van der Waals surface area (Å²) in [5.74, 6) is -0.351. The lowest BCUT2D eigenvalue weighted by molar-refractivity contribution is -0.680. The van der Waals surface area contributed by atoms with E-state index in [0.717, 1.165) is 25.7 Å². The minimum absolute atomic E-state index is 0.136. The molecule has 3 N–H and O–H groups in total. The van der Waals surface area contributed by atoms with E-state index in [0.29, 0.717) is 18.4 Å². The summed E-state index contributed by atoms with van der Waals surface area (Å²) in [5, 5.41) is 20.4. The van der Waals surface area contributed by atoms with E-state index >= 15 is 0 Å². The fourth-order valence-electron chi connectivity index (χ4n) is 6.17. The van der Waals surface area contributed by atoms with Gasteiger partial charge in [0.05, 0.1) is 24.8 Å². The Morgan fingerprint density at radius 1 is 1.20 bits per heavy atom. The van der Waals surface area contributed by atoms with Gasteiger partial charge in [-0.05, 0) is 43.9 Å². The Morgan fingerprint density at radius 2 is 1.84 bits per heavy atom. The van der Waals surface area contributed by atoms with Crippen LogP contribution in [-0.2, 0) is 9.47 Å². The first-order valence-electron chi connectivity index (χ1n) is 9.22. The van der Waals surface area contributed by atoms with Crippen molar-refractivity contribution in [3.05, 3.63) is 0 Å². The van der Waals surface area contributed by atoms with Gasteiger partial charge < -0.3 is 9.47 Å². The van der Waals surface area contributed by atoms with Gasteiger partial charge in [0.25, 0.3) is 5.84 Å². The second kappa shape index (κ2) is 4.55. The van der Waals surface area contributed by atoms with Crippen LogP contribution in [0.2, 0.25) is 0 Å². The smallest absolute Gasteiger partial charge is 0.311 e. The number of nitriles is 2. The zero-order valence-corrected chi connectivity index (χ0v) is 15.5. The third-order valence-corrected chi connectivity index (χ3v) is 7.42. The molecule has 4 aliphatic rings. The highest BCUT2D eigenvalue weighted by Gasteiger charge is 3.04. The molecule has 6 heteroatoms. The molecule has 0 aromatic carbocycles. The Bertz CT molecular complexity index is 734. The minimum Gasteiger partial charge on any atom is -0.311 e. The third kappa shape index (κ3) is 1.51. The van der Waals surface area contributed by atoms with Crippen molar-refractivity contribution >= 4 is 5.84 Å². The standard InChI is InChI=1S/C19H26N4O2/c1-12-9-24-19(25-12)18(11-21)16(17(18,10-20)14(22)23-19)7-5-13(6-8-16)15(2,3)4/h12-13H,5-9H2,1-4H3,(H2,22,23)/p+1/t12-,13?,16?,17+,18-,19-/m1/s1. The van der Waals surface area contributed by atoms with Crippen molar-refractivity contribution in [1.82, 2.24) is 0 Å². The average Bonchev–Trinajstić information content (AvgIpc) is 2.74. The van der Waals surface area contributed by atoms with Gasteiger partial charge in [0.1, 0.15) is 0 Å². The lowest BCUT2D eigenvalue weighted by atomic mass is 9.65. The molecule has 0 amide bonds. The summed E-state index contributed by atoms with van der Waals surface area (Å²) in [6.07, 6.45) is 3.47. The highest BCUT2D eigenvalue weighted by Crippen LogP contribution is 2.87. The zero-order chi connectivity index (χ0) is 18.3. The fourth-order valence-corrected chi connectivity index (χ4v) is 6.17. The number of nitrogens with one attached hydrogen (secondary N) is 1. The van der Waals surface area contributed by atoms with E-state index in [4.69, 9.17) is 15.2 Å². The SMILES string of the molecule is C[C@@H]1CO[C@@]2([NH+]=C(N)[C@@]3(C#N)C4(CCC(C(C)(C)C)CC4)[C@@]23C#N)O1. The lowest BCUT2D eigenvalue weighted by Crippen LogP contribution is -2.90. The number of amidine groups is 1. The molecule has 0 aromatic heterocycles. The average molecular weight is 343 g/mol. The Kier molecular flexibility index (Phi) is 3.06. The van der Waals surface area contributed by atoms with Crippen LogP contribution in [-0.4, -0.2) is 24.5 Å². The Morgan fingerprint density at radius 3 is 2.28 bits per heavy atom. The van der Waals surface area contributed by atoms with Crippen LogP contribution in [0.25, 0.3) is 0 Å². The molecule has 4 atom stereocenters. The van der Waals surface area contributed by atoms with Crippen molar-refractivity contribution < 1.29 is 14.5 Å². The largest absolute Gasteiger partial charge is 0.343 e. The monoisotopic (exact) mass is 343 g/mol. The van der Waals surface area contributed by atoms with E-state index in [1.165, 1.54) is 0 Å². The first-order chi connectivity index (χ1) is 11.7. The summed E-state index contributed by atoms with van der Waals surface area (Å²) in [4.78, 5) is 3.06. The van der Waals surface area contributed by atoms with Gasteiger partial charge in [-0.25, -0.2) is 4.99 Å². The lowest BCUT2D eigenvalue weighted by Gasteiger charge is -2.40. The number of rotatable bonds is 0. The third-order valence-electron chi connectivity index (χ3n) is 7.42. The predicted octanol–water partition coefficient (Wildman–Crippen LogP) is 0.783. The maximum atomic E-state index is 10.3. The summed E-state index contributed by atoms with van der Waals surface area (Å²) in [6, 6.07) is 4.90. The molecule has 0 unspecified atom stereocenters. The van der Waals surface area contributed by atoms with Gasteiger partial charge in [0.15, 0.2) is 10.8 Å². The van der Waals surface area contributed by atoms with Gasteiger partial charge in [0, 0.05) is 5.41 Å². The van der Waals surface area contributed by atoms with Crippen molar-refractivity contribution in [2.24, 2.45) is 33.3 Å². The van der Waals surface area contributed by atoms with Crippen molar-refractivity contribution in [2.75, 3.05) is 6.61 Å². The quantitative estimate of drug-likeness (QED) is 0.676. The molecule has 1 saturated heterocycles. The summed E-state index contributed by atoms with van der Waals surface area (Å²) in [6.45, 7) is 9.09. The van der Waals surface area contributed by atoms with Crippen LogP contribution >= 0.6 is 0 Å². The van der Waals surface area contributed by atoms with Crippen LogP contribution in [0.4, 0.5) is 0 Å². The number of nitrogens with two attached hydrogens (primary N) is 1. The molecular formula is C19H27N4O2+. The molecule has 134 valence electrons. The Labute approximate surface area is 149 Å². The van der Waals surface area contributed by atoms with E-state index in [1.54, 1.807) is 0 Å². The van der Waals surface area contributed by atoms with Crippen LogP contribution in [0.15, 0.2) is 0 Å². The minimum atomic E-state index is -1.28. The normalized spacial score (nSPS) is 51.0.